The lowest BCUT2D eigenvalue weighted by molar-refractivity contribution is 0.132. The molecule has 0 bridgehead atoms. The van der Waals surface area contributed by atoms with E-state index in [4.69, 9.17) is 10.7 Å². The molecule has 0 saturated carbocycles. The first-order valence-corrected chi connectivity index (χ1v) is 9.10. The van der Waals surface area contributed by atoms with Gasteiger partial charge in [0, 0.05) is 28.9 Å². The maximum Gasteiger partial charge on any atom is 0.124 e. The van der Waals surface area contributed by atoms with Gasteiger partial charge in [-0.05, 0) is 43.8 Å². The summed E-state index contributed by atoms with van der Waals surface area (Å²) >= 11 is 3.48. The van der Waals surface area contributed by atoms with Gasteiger partial charge in [-0.15, -0.1) is 11.3 Å². The SMILES string of the molecule is NCCC1CCCCN1Cc1csc(-c2ccsc2)n1. The topological polar surface area (TPSA) is 42.1 Å². The highest BCUT2D eigenvalue weighted by Gasteiger charge is 2.22. The summed E-state index contributed by atoms with van der Waals surface area (Å²) in [5.41, 5.74) is 8.21. The first-order valence-electron chi connectivity index (χ1n) is 7.28. The van der Waals surface area contributed by atoms with Crippen LogP contribution in [0.25, 0.3) is 10.6 Å². The molecule has 2 aromatic rings. The highest BCUT2D eigenvalue weighted by Crippen LogP contribution is 2.27. The molecular formula is C15H21N3S2. The Kier molecular flexibility index (Phi) is 4.83. The molecule has 0 spiro atoms. The van der Waals surface area contributed by atoms with Gasteiger partial charge in [0.05, 0.1) is 5.69 Å². The zero-order chi connectivity index (χ0) is 13.8. The molecule has 20 heavy (non-hydrogen) atoms. The van der Waals surface area contributed by atoms with Crippen LogP contribution in [-0.4, -0.2) is 29.0 Å². The molecule has 108 valence electrons. The van der Waals surface area contributed by atoms with Crippen LogP contribution in [0.4, 0.5) is 0 Å². The molecule has 5 heteroatoms. The van der Waals surface area contributed by atoms with E-state index in [9.17, 15) is 0 Å². The van der Waals surface area contributed by atoms with Crippen LogP contribution in [0.1, 0.15) is 31.4 Å². The third kappa shape index (κ3) is 3.28. The lowest BCUT2D eigenvalue weighted by Crippen LogP contribution is -2.40. The van der Waals surface area contributed by atoms with Crippen LogP contribution in [0.15, 0.2) is 22.2 Å². The van der Waals surface area contributed by atoms with Crippen molar-refractivity contribution in [1.82, 2.24) is 9.88 Å². The van der Waals surface area contributed by atoms with Gasteiger partial charge in [0.1, 0.15) is 5.01 Å². The zero-order valence-electron chi connectivity index (χ0n) is 11.6. The number of piperidine rings is 1. The van der Waals surface area contributed by atoms with Crippen molar-refractivity contribution >= 4 is 22.7 Å². The fourth-order valence-electron chi connectivity index (χ4n) is 2.89. The number of rotatable bonds is 5. The highest BCUT2D eigenvalue weighted by molar-refractivity contribution is 7.14. The van der Waals surface area contributed by atoms with E-state index in [1.54, 1.807) is 22.7 Å². The monoisotopic (exact) mass is 307 g/mol. The average molecular weight is 307 g/mol. The molecule has 0 radical (unpaired) electrons. The highest BCUT2D eigenvalue weighted by atomic mass is 32.1. The van der Waals surface area contributed by atoms with Gasteiger partial charge in [-0.2, -0.15) is 11.3 Å². The van der Waals surface area contributed by atoms with Crippen molar-refractivity contribution in [2.75, 3.05) is 13.1 Å². The average Bonchev–Trinajstić information content (AvgIpc) is 3.12. The van der Waals surface area contributed by atoms with Crippen molar-refractivity contribution in [1.29, 1.82) is 0 Å². The smallest absolute Gasteiger partial charge is 0.124 e. The molecule has 3 rings (SSSR count). The fraction of sp³-hybridized carbons (Fsp3) is 0.533. The minimum Gasteiger partial charge on any atom is -0.330 e. The van der Waals surface area contributed by atoms with E-state index >= 15 is 0 Å². The maximum absolute atomic E-state index is 5.74. The zero-order valence-corrected chi connectivity index (χ0v) is 13.3. The molecule has 0 aliphatic carbocycles. The predicted octanol–water partition coefficient (Wildman–Crippen LogP) is 3.57. The van der Waals surface area contributed by atoms with E-state index in [1.165, 1.54) is 37.1 Å². The Morgan fingerprint density at radius 1 is 1.35 bits per heavy atom. The molecule has 1 unspecified atom stereocenters. The van der Waals surface area contributed by atoms with Crippen molar-refractivity contribution in [3.05, 3.63) is 27.9 Å². The molecule has 1 fully saturated rings. The summed E-state index contributed by atoms with van der Waals surface area (Å²) in [6.45, 7) is 2.96. The van der Waals surface area contributed by atoms with E-state index in [0.717, 1.165) is 24.5 Å². The van der Waals surface area contributed by atoms with Crippen molar-refractivity contribution in [3.63, 3.8) is 0 Å². The summed E-state index contributed by atoms with van der Waals surface area (Å²) in [5.74, 6) is 0. The number of hydrogen-bond donors (Lipinski definition) is 1. The standard InChI is InChI=1S/C15H21N3S2/c16-6-4-14-3-1-2-7-18(14)9-13-11-20-15(17-13)12-5-8-19-10-12/h5,8,10-11,14H,1-4,6-7,9,16H2. The van der Waals surface area contributed by atoms with Crippen LogP contribution in [0, 0.1) is 0 Å². The van der Waals surface area contributed by atoms with Gasteiger partial charge in [-0.1, -0.05) is 6.42 Å². The van der Waals surface area contributed by atoms with Gasteiger partial charge >= 0.3 is 0 Å². The van der Waals surface area contributed by atoms with Crippen LogP contribution in [0.5, 0.6) is 0 Å². The first kappa shape index (κ1) is 14.2. The van der Waals surface area contributed by atoms with Crippen molar-refractivity contribution in [2.24, 2.45) is 5.73 Å². The third-order valence-corrected chi connectivity index (χ3v) is 5.56. The van der Waals surface area contributed by atoms with E-state index in [1.807, 2.05) is 0 Å². The second-order valence-electron chi connectivity index (χ2n) is 5.35. The summed E-state index contributed by atoms with van der Waals surface area (Å²) in [7, 11) is 0. The minimum atomic E-state index is 0.653. The van der Waals surface area contributed by atoms with Crippen LogP contribution in [0.3, 0.4) is 0 Å². The lowest BCUT2D eigenvalue weighted by atomic mass is 9.99. The van der Waals surface area contributed by atoms with Gasteiger partial charge < -0.3 is 5.73 Å². The number of nitrogens with two attached hydrogens (primary N) is 1. The number of nitrogens with zero attached hydrogens (tertiary/aromatic N) is 2. The molecule has 0 amide bonds. The summed E-state index contributed by atoms with van der Waals surface area (Å²) < 4.78 is 0. The molecular weight excluding hydrogens is 286 g/mol. The Balaban J connectivity index is 1.67. The Hall–Kier alpha value is -0.750. The van der Waals surface area contributed by atoms with E-state index in [-0.39, 0.29) is 0 Å². The van der Waals surface area contributed by atoms with Crippen LogP contribution in [0.2, 0.25) is 0 Å². The van der Waals surface area contributed by atoms with Gasteiger partial charge in [-0.25, -0.2) is 4.98 Å². The number of likely N-dealkylation sites (tertiary alicyclic amines) is 1. The number of hydrogen-bond acceptors (Lipinski definition) is 5. The van der Waals surface area contributed by atoms with Crippen LogP contribution in [-0.2, 0) is 6.54 Å². The summed E-state index contributed by atoms with van der Waals surface area (Å²) in [5, 5.41) is 7.63. The minimum absolute atomic E-state index is 0.653. The Labute approximate surface area is 128 Å². The fourth-order valence-corrected chi connectivity index (χ4v) is 4.42. The molecule has 1 aliphatic rings. The quantitative estimate of drug-likeness (QED) is 0.918. The van der Waals surface area contributed by atoms with Crippen LogP contribution < -0.4 is 5.73 Å². The molecule has 1 atom stereocenters. The Morgan fingerprint density at radius 3 is 3.10 bits per heavy atom. The number of aromatic nitrogens is 1. The Bertz CT molecular complexity index is 519. The van der Waals surface area contributed by atoms with E-state index in [2.05, 4.69) is 27.1 Å². The van der Waals surface area contributed by atoms with Gasteiger partial charge in [0.15, 0.2) is 0 Å². The molecule has 1 aliphatic heterocycles. The van der Waals surface area contributed by atoms with Crippen LogP contribution >= 0.6 is 22.7 Å². The number of thiazole rings is 1. The largest absolute Gasteiger partial charge is 0.330 e. The second-order valence-corrected chi connectivity index (χ2v) is 6.99. The van der Waals surface area contributed by atoms with E-state index in [0.29, 0.717) is 6.04 Å². The molecule has 3 heterocycles. The van der Waals surface area contributed by atoms with Crippen molar-refractivity contribution in [3.8, 4) is 10.6 Å². The summed E-state index contributed by atoms with van der Waals surface area (Å²) in [6.07, 6.45) is 5.06. The van der Waals surface area contributed by atoms with Crippen molar-refractivity contribution < 1.29 is 0 Å². The third-order valence-electron chi connectivity index (χ3n) is 3.93. The number of thiophene rings is 1. The summed E-state index contributed by atoms with van der Waals surface area (Å²) in [4.78, 5) is 7.37. The lowest BCUT2D eigenvalue weighted by Gasteiger charge is -2.35. The van der Waals surface area contributed by atoms with Gasteiger partial charge in [0.25, 0.3) is 0 Å². The van der Waals surface area contributed by atoms with E-state index < -0.39 is 0 Å². The molecule has 2 N–H and O–H groups in total. The molecule has 1 saturated heterocycles. The second kappa shape index (κ2) is 6.80. The Morgan fingerprint density at radius 2 is 2.30 bits per heavy atom. The first-order chi connectivity index (χ1) is 9.86. The van der Waals surface area contributed by atoms with Crippen molar-refractivity contribution in [2.45, 2.75) is 38.3 Å². The van der Waals surface area contributed by atoms with Gasteiger partial charge in [0.2, 0.25) is 0 Å². The molecule has 2 aromatic heterocycles. The van der Waals surface area contributed by atoms with Gasteiger partial charge in [-0.3, -0.25) is 4.90 Å². The predicted molar refractivity (Wildman–Crippen MR) is 87.1 cm³/mol. The maximum atomic E-state index is 5.74. The normalized spacial score (nSPS) is 20.4. The summed E-state index contributed by atoms with van der Waals surface area (Å²) in [6, 6.07) is 2.80. The molecule has 0 aromatic carbocycles. The molecule has 3 nitrogen and oxygen atoms in total.